The van der Waals surface area contributed by atoms with Crippen molar-refractivity contribution in [3.8, 4) is 0 Å². The molecular weight excluding hydrogens is 194 g/mol. The quantitative estimate of drug-likeness (QED) is 0.790. The van der Waals surface area contributed by atoms with Crippen molar-refractivity contribution in [2.75, 3.05) is 18.0 Å². The molecule has 1 aromatic heterocycles. The first-order valence-corrected chi connectivity index (χ1v) is 4.90. The zero-order chi connectivity index (χ0) is 10.8. The predicted octanol–water partition coefficient (Wildman–Crippen LogP) is 0.696. The van der Waals surface area contributed by atoms with Gasteiger partial charge in [-0.05, 0) is 6.92 Å². The SMILES string of the molecule is Cc1cc(N2CC(CC(=O)O)C2)ncn1. The van der Waals surface area contributed by atoms with Gasteiger partial charge in [0, 0.05) is 30.8 Å². The van der Waals surface area contributed by atoms with Crippen LogP contribution in [0.1, 0.15) is 12.1 Å². The van der Waals surface area contributed by atoms with E-state index in [2.05, 4.69) is 14.9 Å². The van der Waals surface area contributed by atoms with Crippen LogP contribution in [0, 0.1) is 12.8 Å². The van der Waals surface area contributed by atoms with Crippen molar-refractivity contribution in [2.45, 2.75) is 13.3 Å². The van der Waals surface area contributed by atoms with Crippen LogP contribution < -0.4 is 4.90 Å². The average Bonchev–Trinajstić information content (AvgIpc) is 2.10. The van der Waals surface area contributed by atoms with E-state index in [0.29, 0.717) is 0 Å². The van der Waals surface area contributed by atoms with E-state index in [0.717, 1.165) is 24.6 Å². The Bertz CT molecular complexity index is 375. The number of carbonyl (C=O) groups is 1. The molecule has 0 aromatic carbocycles. The molecule has 2 rings (SSSR count). The average molecular weight is 207 g/mol. The van der Waals surface area contributed by atoms with Crippen LogP contribution >= 0.6 is 0 Å². The van der Waals surface area contributed by atoms with Crippen molar-refractivity contribution >= 4 is 11.8 Å². The minimum absolute atomic E-state index is 0.251. The van der Waals surface area contributed by atoms with Gasteiger partial charge in [-0.15, -0.1) is 0 Å². The molecule has 5 heteroatoms. The number of anilines is 1. The van der Waals surface area contributed by atoms with Gasteiger partial charge in [-0.2, -0.15) is 0 Å². The number of hydrogen-bond donors (Lipinski definition) is 1. The second-order valence-corrected chi connectivity index (χ2v) is 3.89. The van der Waals surface area contributed by atoms with Gasteiger partial charge >= 0.3 is 5.97 Å². The lowest BCUT2D eigenvalue weighted by molar-refractivity contribution is -0.138. The molecule has 0 spiro atoms. The lowest BCUT2D eigenvalue weighted by Crippen LogP contribution is -2.48. The molecule has 0 amide bonds. The highest BCUT2D eigenvalue weighted by Crippen LogP contribution is 2.24. The minimum Gasteiger partial charge on any atom is -0.481 e. The molecule has 15 heavy (non-hydrogen) atoms. The number of nitrogens with zero attached hydrogens (tertiary/aromatic N) is 3. The van der Waals surface area contributed by atoms with E-state index >= 15 is 0 Å². The second kappa shape index (κ2) is 3.84. The fourth-order valence-corrected chi connectivity index (χ4v) is 1.75. The molecule has 5 nitrogen and oxygen atoms in total. The molecule has 0 radical (unpaired) electrons. The highest BCUT2D eigenvalue weighted by atomic mass is 16.4. The number of aliphatic carboxylic acids is 1. The fourth-order valence-electron chi connectivity index (χ4n) is 1.75. The van der Waals surface area contributed by atoms with Crippen molar-refractivity contribution < 1.29 is 9.90 Å². The Labute approximate surface area is 87.8 Å². The monoisotopic (exact) mass is 207 g/mol. The number of aromatic nitrogens is 2. The van der Waals surface area contributed by atoms with E-state index in [4.69, 9.17) is 5.11 Å². The molecule has 1 fully saturated rings. The van der Waals surface area contributed by atoms with Crippen LogP contribution in [-0.4, -0.2) is 34.1 Å². The van der Waals surface area contributed by atoms with E-state index in [9.17, 15) is 4.79 Å². The molecule has 1 aliphatic rings. The Hall–Kier alpha value is -1.65. The van der Waals surface area contributed by atoms with Gasteiger partial charge in [-0.25, -0.2) is 9.97 Å². The molecule has 1 saturated heterocycles. The third-order valence-corrected chi connectivity index (χ3v) is 2.53. The van der Waals surface area contributed by atoms with Gasteiger partial charge in [-0.3, -0.25) is 4.79 Å². The summed E-state index contributed by atoms with van der Waals surface area (Å²) in [6, 6.07) is 1.91. The number of carboxylic acids is 1. The minimum atomic E-state index is -0.724. The molecule has 0 bridgehead atoms. The lowest BCUT2D eigenvalue weighted by atomic mass is 9.96. The molecule has 1 aromatic rings. The first-order valence-electron chi connectivity index (χ1n) is 4.90. The van der Waals surface area contributed by atoms with Gasteiger partial charge in [-0.1, -0.05) is 0 Å². The van der Waals surface area contributed by atoms with Crippen LogP contribution in [0.15, 0.2) is 12.4 Å². The molecule has 0 atom stereocenters. The van der Waals surface area contributed by atoms with Gasteiger partial charge < -0.3 is 10.0 Å². The van der Waals surface area contributed by atoms with Crippen molar-refractivity contribution in [1.29, 1.82) is 0 Å². The van der Waals surface area contributed by atoms with Crippen molar-refractivity contribution in [1.82, 2.24) is 9.97 Å². The van der Waals surface area contributed by atoms with Gasteiger partial charge in [0.05, 0.1) is 6.42 Å². The van der Waals surface area contributed by atoms with E-state index in [1.165, 1.54) is 6.33 Å². The van der Waals surface area contributed by atoms with Gasteiger partial charge in [0.25, 0.3) is 0 Å². The summed E-state index contributed by atoms with van der Waals surface area (Å²) >= 11 is 0. The maximum Gasteiger partial charge on any atom is 0.303 e. The number of rotatable bonds is 3. The Balaban J connectivity index is 1.92. The lowest BCUT2D eigenvalue weighted by Gasteiger charge is -2.39. The third kappa shape index (κ3) is 2.23. The Morgan fingerprint density at radius 1 is 1.60 bits per heavy atom. The van der Waals surface area contributed by atoms with Crippen LogP contribution in [0.3, 0.4) is 0 Å². The summed E-state index contributed by atoms with van der Waals surface area (Å²) in [5.41, 5.74) is 0.932. The van der Waals surface area contributed by atoms with Crippen LogP contribution in [0.5, 0.6) is 0 Å². The maximum absolute atomic E-state index is 10.5. The fraction of sp³-hybridized carbons (Fsp3) is 0.500. The first kappa shape index (κ1) is 9.89. The summed E-state index contributed by atoms with van der Waals surface area (Å²) in [5, 5.41) is 8.61. The standard InChI is InChI=1S/C10H13N3O2/c1-7-2-9(12-6-11-7)13-4-8(5-13)3-10(14)15/h2,6,8H,3-5H2,1H3,(H,14,15). The van der Waals surface area contributed by atoms with Crippen LogP contribution in [-0.2, 0) is 4.79 Å². The smallest absolute Gasteiger partial charge is 0.303 e. The Morgan fingerprint density at radius 2 is 2.33 bits per heavy atom. The van der Waals surface area contributed by atoms with E-state index in [-0.39, 0.29) is 12.3 Å². The van der Waals surface area contributed by atoms with Crippen molar-refractivity contribution in [2.24, 2.45) is 5.92 Å². The van der Waals surface area contributed by atoms with E-state index in [1.807, 2.05) is 13.0 Å². The molecule has 0 unspecified atom stereocenters. The Morgan fingerprint density at radius 3 is 2.93 bits per heavy atom. The molecule has 2 heterocycles. The molecular formula is C10H13N3O2. The number of carboxylic acid groups (broad SMARTS) is 1. The highest BCUT2D eigenvalue weighted by Gasteiger charge is 2.29. The summed E-state index contributed by atoms with van der Waals surface area (Å²) in [6.45, 7) is 3.48. The molecule has 80 valence electrons. The third-order valence-electron chi connectivity index (χ3n) is 2.53. The largest absolute Gasteiger partial charge is 0.481 e. The summed E-state index contributed by atoms with van der Waals surface area (Å²) in [6.07, 6.45) is 1.79. The van der Waals surface area contributed by atoms with Crippen LogP contribution in [0.2, 0.25) is 0 Å². The van der Waals surface area contributed by atoms with Gasteiger partial charge in [0.15, 0.2) is 0 Å². The van der Waals surface area contributed by atoms with E-state index in [1.54, 1.807) is 0 Å². The molecule has 1 aliphatic heterocycles. The Kier molecular flexibility index (Phi) is 2.53. The predicted molar refractivity (Wildman–Crippen MR) is 54.7 cm³/mol. The van der Waals surface area contributed by atoms with Gasteiger partial charge in [0.1, 0.15) is 12.1 Å². The second-order valence-electron chi connectivity index (χ2n) is 3.89. The van der Waals surface area contributed by atoms with Crippen LogP contribution in [0.4, 0.5) is 5.82 Å². The first-order chi connectivity index (χ1) is 7.15. The van der Waals surface area contributed by atoms with Crippen molar-refractivity contribution in [3.05, 3.63) is 18.1 Å². The summed E-state index contributed by atoms with van der Waals surface area (Å²) in [5.74, 6) is 0.431. The highest BCUT2D eigenvalue weighted by molar-refractivity contribution is 5.67. The van der Waals surface area contributed by atoms with E-state index < -0.39 is 5.97 Å². The van der Waals surface area contributed by atoms with Crippen molar-refractivity contribution in [3.63, 3.8) is 0 Å². The number of aryl methyl sites for hydroxylation is 1. The summed E-state index contributed by atoms with van der Waals surface area (Å²) in [7, 11) is 0. The normalized spacial score (nSPS) is 16.2. The summed E-state index contributed by atoms with van der Waals surface area (Å²) in [4.78, 5) is 20.7. The summed E-state index contributed by atoms with van der Waals surface area (Å²) < 4.78 is 0. The molecule has 0 saturated carbocycles. The zero-order valence-electron chi connectivity index (χ0n) is 8.55. The molecule has 0 aliphatic carbocycles. The van der Waals surface area contributed by atoms with Crippen LogP contribution in [0.25, 0.3) is 0 Å². The maximum atomic E-state index is 10.5. The topological polar surface area (TPSA) is 66.3 Å². The van der Waals surface area contributed by atoms with Gasteiger partial charge in [0.2, 0.25) is 0 Å². The number of hydrogen-bond acceptors (Lipinski definition) is 4. The zero-order valence-corrected chi connectivity index (χ0v) is 8.55. The molecule has 1 N–H and O–H groups in total.